The Labute approximate surface area is 172 Å². The van der Waals surface area contributed by atoms with E-state index in [-0.39, 0.29) is 52.6 Å². The van der Waals surface area contributed by atoms with Crippen LogP contribution >= 0.6 is 23.2 Å². The SMILES string of the molecule is N#Cc1ccc(OC(=O)c2cc(S(=O)(=O)N3CCOCC3)c(Cl)cc2Cl)cc1. The Bertz CT molecular complexity index is 1040. The molecule has 2 aromatic carbocycles. The topological polar surface area (TPSA) is 96.7 Å². The molecular weight excluding hydrogens is 427 g/mol. The molecule has 0 aromatic heterocycles. The van der Waals surface area contributed by atoms with E-state index in [4.69, 9.17) is 37.9 Å². The molecule has 0 saturated carbocycles. The van der Waals surface area contributed by atoms with Gasteiger partial charge in [0.25, 0.3) is 0 Å². The van der Waals surface area contributed by atoms with Crippen LogP contribution in [0.5, 0.6) is 5.75 Å². The number of sulfonamides is 1. The first-order valence-electron chi connectivity index (χ1n) is 8.12. The normalized spacial score (nSPS) is 15.0. The zero-order valence-corrected chi connectivity index (χ0v) is 16.7. The predicted octanol–water partition coefficient (Wildman–Crippen LogP) is 3.11. The molecule has 1 saturated heterocycles. The molecule has 0 spiro atoms. The molecule has 7 nitrogen and oxygen atoms in total. The molecule has 146 valence electrons. The highest BCUT2D eigenvalue weighted by Gasteiger charge is 2.30. The van der Waals surface area contributed by atoms with Crippen molar-refractivity contribution < 1.29 is 22.7 Å². The fourth-order valence-corrected chi connectivity index (χ4v) is 4.80. The van der Waals surface area contributed by atoms with Crippen molar-refractivity contribution in [2.45, 2.75) is 4.90 Å². The van der Waals surface area contributed by atoms with Crippen LogP contribution < -0.4 is 4.74 Å². The molecular formula is C18H14Cl2N2O5S. The summed E-state index contributed by atoms with van der Waals surface area (Å²) in [5.41, 5.74) is 0.269. The molecule has 0 radical (unpaired) electrons. The molecule has 0 bridgehead atoms. The summed E-state index contributed by atoms with van der Waals surface area (Å²) in [6.07, 6.45) is 0. The number of esters is 1. The first-order valence-corrected chi connectivity index (χ1v) is 10.3. The number of carbonyl (C=O) groups is 1. The second-order valence-corrected chi connectivity index (χ2v) is 8.53. The van der Waals surface area contributed by atoms with Crippen molar-refractivity contribution in [2.24, 2.45) is 0 Å². The van der Waals surface area contributed by atoms with Crippen molar-refractivity contribution in [1.29, 1.82) is 5.26 Å². The van der Waals surface area contributed by atoms with Gasteiger partial charge in [-0.1, -0.05) is 23.2 Å². The van der Waals surface area contributed by atoms with Crippen LogP contribution in [-0.4, -0.2) is 45.0 Å². The van der Waals surface area contributed by atoms with Crippen LogP contribution in [0.1, 0.15) is 15.9 Å². The molecule has 28 heavy (non-hydrogen) atoms. The Morgan fingerprint density at radius 1 is 1.11 bits per heavy atom. The van der Waals surface area contributed by atoms with E-state index >= 15 is 0 Å². The summed E-state index contributed by atoms with van der Waals surface area (Å²) in [7, 11) is -3.93. The van der Waals surface area contributed by atoms with Crippen LogP contribution in [0.25, 0.3) is 0 Å². The van der Waals surface area contributed by atoms with Gasteiger partial charge in [-0.25, -0.2) is 13.2 Å². The maximum Gasteiger partial charge on any atom is 0.345 e. The molecule has 0 atom stereocenters. The Hall–Kier alpha value is -2.15. The van der Waals surface area contributed by atoms with Crippen molar-refractivity contribution in [2.75, 3.05) is 26.3 Å². The number of benzene rings is 2. The minimum absolute atomic E-state index is 0.0374. The molecule has 3 rings (SSSR count). The van der Waals surface area contributed by atoms with Crippen molar-refractivity contribution in [3.05, 3.63) is 57.6 Å². The number of carbonyl (C=O) groups excluding carboxylic acids is 1. The maximum absolute atomic E-state index is 12.9. The molecule has 0 N–H and O–H groups in total. The smallest absolute Gasteiger partial charge is 0.345 e. The lowest BCUT2D eigenvalue weighted by atomic mass is 10.2. The van der Waals surface area contributed by atoms with Crippen molar-refractivity contribution >= 4 is 39.2 Å². The van der Waals surface area contributed by atoms with Gasteiger partial charge in [0.2, 0.25) is 10.0 Å². The summed E-state index contributed by atoms with van der Waals surface area (Å²) in [6, 6.07) is 10.1. The zero-order chi connectivity index (χ0) is 20.3. The molecule has 0 aliphatic carbocycles. The van der Waals surface area contributed by atoms with Crippen LogP contribution in [0.3, 0.4) is 0 Å². The van der Waals surface area contributed by atoms with E-state index < -0.39 is 16.0 Å². The number of rotatable bonds is 4. The van der Waals surface area contributed by atoms with Crippen LogP contribution in [0.4, 0.5) is 0 Å². The van der Waals surface area contributed by atoms with Gasteiger partial charge >= 0.3 is 5.97 Å². The highest BCUT2D eigenvalue weighted by Crippen LogP contribution is 2.31. The van der Waals surface area contributed by atoms with Gasteiger partial charge in [-0.3, -0.25) is 0 Å². The zero-order valence-electron chi connectivity index (χ0n) is 14.4. The Balaban J connectivity index is 1.92. The number of nitrogens with zero attached hydrogens (tertiary/aromatic N) is 2. The van der Waals surface area contributed by atoms with Gasteiger partial charge in [-0.2, -0.15) is 9.57 Å². The minimum atomic E-state index is -3.93. The van der Waals surface area contributed by atoms with Gasteiger partial charge in [-0.05, 0) is 36.4 Å². The molecule has 0 amide bonds. The summed E-state index contributed by atoms with van der Waals surface area (Å²) in [4.78, 5) is 12.3. The summed E-state index contributed by atoms with van der Waals surface area (Å²) >= 11 is 12.2. The first kappa shape index (κ1) is 20.6. The number of nitriles is 1. The fourth-order valence-electron chi connectivity index (χ4n) is 2.57. The number of halogens is 2. The number of hydrogen-bond acceptors (Lipinski definition) is 6. The van der Waals surface area contributed by atoms with Gasteiger partial charge in [0.1, 0.15) is 10.6 Å². The highest BCUT2D eigenvalue weighted by atomic mass is 35.5. The molecule has 1 aliphatic heterocycles. The van der Waals surface area contributed by atoms with E-state index in [0.717, 1.165) is 6.07 Å². The molecule has 10 heteroatoms. The Morgan fingerprint density at radius 2 is 1.75 bits per heavy atom. The lowest BCUT2D eigenvalue weighted by Crippen LogP contribution is -2.40. The average molecular weight is 441 g/mol. The third-order valence-electron chi connectivity index (χ3n) is 4.02. The largest absolute Gasteiger partial charge is 0.423 e. The number of ether oxygens (including phenoxy) is 2. The Kier molecular flexibility index (Phi) is 6.23. The molecule has 0 unspecified atom stereocenters. The van der Waals surface area contributed by atoms with Crippen LogP contribution in [0.2, 0.25) is 10.0 Å². The third-order valence-corrected chi connectivity index (χ3v) is 6.70. The third kappa shape index (κ3) is 4.29. The summed E-state index contributed by atoms with van der Waals surface area (Å²) in [5, 5.41) is 8.68. The van der Waals surface area contributed by atoms with Crippen molar-refractivity contribution in [1.82, 2.24) is 4.31 Å². The van der Waals surface area contributed by atoms with E-state index in [9.17, 15) is 13.2 Å². The number of morpholine rings is 1. The molecule has 2 aromatic rings. The standard InChI is InChI=1S/C18H14Cl2N2O5S/c19-15-10-16(20)17(28(24,25)22-5-7-26-8-6-22)9-14(15)18(23)27-13-3-1-12(11-21)2-4-13/h1-4,9-10H,5-8H2. The van der Waals surface area contributed by atoms with E-state index in [2.05, 4.69) is 0 Å². The average Bonchev–Trinajstić information content (AvgIpc) is 2.69. The van der Waals surface area contributed by atoms with E-state index in [1.807, 2.05) is 6.07 Å². The second-order valence-electron chi connectivity index (χ2n) is 5.80. The van der Waals surface area contributed by atoms with Crippen molar-refractivity contribution in [3.63, 3.8) is 0 Å². The Morgan fingerprint density at radius 3 is 2.36 bits per heavy atom. The number of hydrogen-bond donors (Lipinski definition) is 0. The van der Waals surface area contributed by atoms with E-state index in [0.29, 0.717) is 5.56 Å². The summed E-state index contributed by atoms with van der Waals surface area (Å²) in [6.45, 7) is 0.925. The first-order chi connectivity index (χ1) is 13.3. The van der Waals surface area contributed by atoms with Crippen LogP contribution in [-0.2, 0) is 14.8 Å². The quantitative estimate of drug-likeness (QED) is 0.535. The maximum atomic E-state index is 12.9. The summed E-state index contributed by atoms with van der Waals surface area (Å²) < 4.78 is 37.4. The van der Waals surface area contributed by atoms with Gasteiger partial charge in [-0.15, -0.1) is 0 Å². The van der Waals surface area contributed by atoms with Crippen LogP contribution in [0.15, 0.2) is 41.3 Å². The molecule has 1 heterocycles. The van der Waals surface area contributed by atoms with Crippen molar-refractivity contribution in [3.8, 4) is 11.8 Å². The monoisotopic (exact) mass is 440 g/mol. The molecule has 1 aliphatic rings. The van der Waals surface area contributed by atoms with Crippen LogP contribution in [0, 0.1) is 11.3 Å². The van der Waals surface area contributed by atoms with Gasteiger partial charge < -0.3 is 9.47 Å². The van der Waals surface area contributed by atoms with E-state index in [1.165, 1.54) is 34.6 Å². The summed E-state index contributed by atoms with van der Waals surface area (Å²) in [5.74, 6) is -0.655. The van der Waals surface area contributed by atoms with E-state index in [1.54, 1.807) is 0 Å². The van der Waals surface area contributed by atoms with Gasteiger partial charge in [0, 0.05) is 13.1 Å². The van der Waals surface area contributed by atoms with Gasteiger partial charge in [0.15, 0.2) is 0 Å². The lowest BCUT2D eigenvalue weighted by molar-refractivity contribution is 0.0727. The predicted molar refractivity (Wildman–Crippen MR) is 102 cm³/mol. The second kappa shape index (κ2) is 8.47. The highest BCUT2D eigenvalue weighted by molar-refractivity contribution is 7.89. The van der Waals surface area contributed by atoms with Gasteiger partial charge in [0.05, 0.1) is 40.5 Å². The lowest BCUT2D eigenvalue weighted by Gasteiger charge is -2.26. The molecule has 1 fully saturated rings. The fraction of sp³-hybridized carbons (Fsp3) is 0.222. The minimum Gasteiger partial charge on any atom is -0.423 e.